The smallest absolute Gasteiger partial charge is 0.157 e. The zero-order chi connectivity index (χ0) is 23.2. The molecule has 34 heavy (non-hydrogen) atoms. The van der Waals surface area contributed by atoms with Crippen LogP contribution in [0.4, 0.5) is 0 Å². The number of ether oxygens (including phenoxy) is 1. The number of carbonyl (C=O) groups is 1. The van der Waals surface area contributed by atoms with E-state index in [1.807, 2.05) is 24.3 Å². The van der Waals surface area contributed by atoms with E-state index in [0.29, 0.717) is 30.1 Å². The van der Waals surface area contributed by atoms with Gasteiger partial charge in [0.2, 0.25) is 0 Å². The average molecular weight is 464 g/mol. The number of aromatic nitrogens is 3. The molecule has 1 N–H and O–H groups in total. The van der Waals surface area contributed by atoms with Crippen LogP contribution in [0.15, 0.2) is 24.3 Å². The van der Waals surface area contributed by atoms with Crippen LogP contribution in [0.3, 0.4) is 0 Å². The fraction of sp³-hybridized carbons (Fsp3) is 0.750. The molecule has 0 radical (unpaired) electrons. The Morgan fingerprint density at radius 3 is 2.68 bits per heavy atom. The van der Waals surface area contributed by atoms with Crippen molar-refractivity contribution in [1.82, 2.24) is 15.0 Å². The SMILES string of the molecule is COC1C2[C@@H]3CC[C@@H]4[C@H](CC[C@]5(C)[C@@H](C(=O)Cn6nnc7ccccc76)CC[C@@H]45)[C@H]3CC[C@]12O. The van der Waals surface area contributed by atoms with Crippen LogP contribution in [-0.4, -0.2) is 44.7 Å². The summed E-state index contributed by atoms with van der Waals surface area (Å²) in [4.78, 5) is 13.6. The fourth-order valence-electron chi connectivity index (χ4n) is 9.95. The molecule has 6 nitrogen and oxygen atoms in total. The number of methoxy groups -OCH3 is 1. The monoisotopic (exact) mass is 463 g/mol. The molecule has 1 heterocycles. The molecule has 2 aromatic rings. The van der Waals surface area contributed by atoms with Crippen molar-refractivity contribution in [2.75, 3.05) is 7.11 Å². The lowest BCUT2D eigenvalue weighted by molar-refractivity contribution is -0.131. The number of hydrogen-bond donors (Lipinski definition) is 1. The molecule has 0 aliphatic heterocycles. The molecule has 0 saturated heterocycles. The molecule has 1 aromatic carbocycles. The highest BCUT2D eigenvalue weighted by atomic mass is 16.5. The number of nitrogens with zero attached hydrogens (tertiary/aromatic N) is 3. The summed E-state index contributed by atoms with van der Waals surface area (Å²) in [6.07, 6.45) is 9.26. The Hall–Kier alpha value is -1.79. The molecular weight excluding hydrogens is 426 g/mol. The first-order valence-electron chi connectivity index (χ1n) is 13.5. The molecule has 5 aliphatic rings. The number of hydrogen-bond acceptors (Lipinski definition) is 5. The number of ketones is 1. The third kappa shape index (κ3) is 2.78. The molecule has 10 atom stereocenters. The second-order valence-electron chi connectivity index (χ2n) is 12.4. The normalized spacial score (nSPS) is 46.9. The van der Waals surface area contributed by atoms with Crippen LogP contribution >= 0.6 is 0 Å². The van der Waals surface area contributed by atoms with Crippen LogP contribution < -0.4 is 0 Å². The third-order valence-electron chi connectivity index (χ3n) is 11.4. The van der Waals surface area contributed by atoms with Crippen molar-refractivity contribution in [2.45, 2.75) is 76.5 Å². The van der Waals surface area contributed by atoms with Crippen LogP contribution in [0.5, 0.6) is 0 Å². The van der Waals surface area contributed by atoms with Gasteiger partial charge in [0.15, 0.2) is 5.78 Å². The Kier molecular flexibility index (Phi) is 4.65. The number of para-hydroxylation sites is 1. The van der Waals surface area contributed by atoms with Gasteiger partial charge in [-0.2, -0.15) is 0 Å². The lowest BCUT2D eigenvalue weighted by atomic mass is 9.49. The van der Waals surface area contributed by atoms with Crippen molar-refractivity contribution in [3.05, 3.63) is 24.3 Å². The molecule has 6 heteroatoms. The van der Waals surface area contributed by atoms with Crippen molar-refractivity contribution in [2.24, 2.45) is 46.8 Å². The van der Waals surface area contributed by atoms with Gasteiger partial charge in [0, 0.05) is 18.9 Å². The average Bonchev–Trinajstić information content (AvgIpc) is 3.09. The summed E-state index contributed by atoms with van der Waals surface area (Å²) in [6.45, 7) is 2.77. The van der Waals surface area contributed by atoms with Gasteiger partial charge in [0.05, 0.1) is 17.2 Å². The highest BCUT2D eigenvalue weighted by molar-refractivity contribution is 5.84. The minimum atomic E-state index is -0.539. The number of rotatable bonds is 4. The number of aliphatic hydroxyl groups is 1. The van der Waals surface area contributed by atoms with E-state index in [-0.39, 0.29) is 17.4 Å². The zero-order valence-electron chi connectivity index (χ0n) is 20.4. The zero-order valence-corrected chi connectivity index (χ0v) is 20.4. The minimum Gasteiger partial charge on any atom is -0.387 e. The van der Waals surface area contributed by atoms with Crippen molar-refractivity contribution in [3.63, 3.8) is 0 Å². The molecule has 5 fully saturated rings. The molecule has 0 amide bonds. The van der Waals surface area contributed by atoms with E-state index in [0.717, 1.165) is 48.0 Å². The van der Waals surface area contributed by atoms with Crippen molar-refractivity contribution in [1.29, 1.82) is 0 Å². The quantitative estimate of drug-likeness (QED) is 0.733. The molecule has 1 aromatic heterocycles. The van der Waals surface area contributed by atoms with Crippen molar-refractivity contribution >= 4 is 16.8 Å². The highest BCUT2D eigenvalue weighted by Crippen LogP contribution is 2.69. The summed E-state index contributed by atoms with van der Waals surface area (Å²) in [7, 11) is 1.77. The molecule has 5 aliphatic carbocycles. The Morgan fingerprint density at radius 2 is 1.82 bits per heavy atom. The van der Waals surface area contributed by atoms with Gasteiger partial charge in [-0.25, -0.2) is 4.68 Å². The topological polar surface area (TPSA) is 77.2 Å². The van der Waals surface area contributed by atoms with E-state index >= 15 is 0 Å². The lowest BCUT2D eigenvalue weighted by Gasteiger charge is -2.55. The summed E-state index contributed by atoms with van der Waals surface area (Å²) in [5, 5.41) is 19.6. The van der Waals surface area contributed by atoms with Gasteiger partial charge in [-0.15, -0.1) is 5.10 Å². The Balaban J connectivity index is 1.09. The second kappa shape index (κ2) is 7.36. The van der Waals surface area contributed by atoms with Gasteiger partial charge in [-0.3, -0.25) is 4.79 Å². The maximum Gasteiger partial charge on any atom is 0.157 e. The first-order valence-corrected chi connectivity index (χ1v) is 13.5. The van der Waals surface area contributed by atoms with Crippen LogP contribution in [0.25, 0.3) is 11.0 Å². The van der Waals surface area contributed by atoms with E-state index in [1.165, 1.54) is 32.1 Å². The van der Waals surface area contributed by atoms with E-state index in [1.54, 1.807) is 11.8 Å². The maximum atomic E-state index is 13.6. The minimum absolute atomic E-state index is 0.0641. The molecule has 5 saturated carbocycles. The Labute approximate surface area is 201 Å². The lowest BCUT2D eigenvalue weighted by Crippen LogP contribution is -2.50. The molecule has 0 spiro atoms. The summed E-state index contributed by atoms with van der Waals surface area (Å²) < 4.78 is 7.49. The van der Waals surface area contributed by atoms with Crippen LogP contribution in [-0.2, 0) is 16.1 Å². The number of benzene rings is 1. The van der Waals surface area contributed by atoms with E-state index in [9.17, 15) is 9.90 Å². The van der Waals surface area contributed by atoms with Gasteiger partial charge >= 0.3 is 0 Å². The van der Waals surface area contributed by atoms with Crippen molar-refractivity contribution < 1.29 is 14.6 Å². The summed E-state index contributed by atoms with van der Waals surface area (Å²) >= 11 is 0. The van der Waals surface area contributed by atoms with E-state index < -0.39 is 5.60 Å². The Bertz CT molecular complexity index is 1130. The summed E-state index contributed by atoms with van der Waals surface area (Å²) in [5.41, 5.74) is 1.38. The van der Waals surface area contributed by atoms with Gasteiger partial charge in [0.1, 0.15) is 12.1 Å². The molecule has 7 rings (SSSR count). The van der Waals surface area contributed by atoms with E-state index in [2.05, 4.69) is 17.2 Å². The highest BCUT2D eigenvalue weighted by Gasteiger charge is 2.72. The number of fused-ring (bicyclic) bond motifs is 8. The first kappa shape index (κ1) is 21.5. The predicted molar refractivity (Wildman–Crippen MR) is 128 cm³/mol. The predicted octanol–water partition coefficient (Wildman–Crippen LogP) is 4.26. The number of Topliss-reactive ketones (excluding diaryl/α,β-unsaturated/α-hetero) is 1. The molecule has 182 valence electrons. The largest absolute Gasteiger partial charge is 0.387 e. The Morgan fingerprint density at radius 1 is 1.06 bits per heavy atom. The molecular formula is C28H37N3O3. The summed E-state index contributed by atoms with van der Waals surface area (Å²) in [6, 6.07) is 7.91. The maximum absolute atomic E-state index is 13.6. The van der Waals surface area contributed by atoms with Crippen LogP contribution in [0.2, 0.25) is 0 Å². The summed E-state index contributed by atoms with van der Waals surface area (Å²) in [5.74, 6) is 4.39. The first-order chi connectivity index (χ1) is 16.5. The van der Waals surface area contributed by atoms with Crippen LogP contribution in [0, 0.1) is 46.8 Å². The molecule has 0 bridgehead atoms. The fourth-order valence-corrected chi connectivity index (χ4v) is 9.95. The third-order valence-corrected chi connectivity index (χ3v) is 11.4. The molecule has 2 unspecified atom stereocenters. The second-order valence-corrected chi connectivity index (χ2v) is 12.4. The van der Waals surface area contributed by atoms with Gasteiger partial charge < -0.3 is 9.84 Å². The van der Waals surface area contributed by atoms with Gasteiger partial charge in [0.25, 0.3) is 0 Å². The van der Waals surface area contributed by atoms with Gasteiger partial charge in [-0.1, -0.05) is 24.3 Å². The number of carbonyl (C=O) groups excluding carboxylic acids is 1. The van der Waals surface area contributed by atoms with Crippen LogP contribution in [0.1, 0.15) is 58.3 Å². The van der Waals surface area contributed by atoms with E-state index in [4.69, 9.17) is 4.74 Å². The van der Waals surface area contributed by atoms with Gasteiger partial charge in [-0.05, 0) is 98.5 Å². The standard InChI is InChI=1S/C28H37N3O3/c1-27-13-11-16-17-12-14-28(33)25(26(28)34-2)19(17)8-7-18(16)20(27)9-10-21(27)24(32)15-31-23-6-4-3-5-22(23)29-30-31/h3-6,16-21,25-26,33H,7-15H2,1-2H3/t16-,17-,18-,19-,20+,21-,25?,26?,27+,28-/m1/s1. The van der Waals surface area contributed by atoms with Crippen molar-refractivity contribution in [3.8, 4) is 0 Å².